The normalized spacial score (nSPS) is 15.9. The standard InChI is InChI=1S/C21H22Cl2N2O3/c22-16-4-6-18(7-5-16)28-14-21(13-19(24)26)8-10-25(11-9-21)20(27)15-2-1-3-17(23)12-15/h1-7,12H,8-11,13-14H2,(H2,24,26). The number of amides is 2. The number of hydrogen-bond donors (Lipinski definition) is 1. The summed E-state index contributed by atoms with van der Waals surface area (Å²) >= 11 is 11.9. The fourth-order valence-electron chi connectivity index (χ4n) is 3.50. The van der Waals surface area contributed by atoms with Crippen LogP contribution in [0.5, 0.6) is 5.75 Å². The zero-order valence-electron chi connectivity index (χ0n) is 15.4. The lowest BCUT2D eigenvalue weighted by molar-refractivity contribution is -0.121. The van der Waals surface area contributed by atoms with E-state index >= 15 is 0 Å². The van der Waals surface area contributed by atoms with E-state index in [4.69, 9.17) is 33.7 Å². The van der Waals surface area contributed by atoms with Crippen molar-refractivity contribution in [3.8, 4) is 5.75 Å². The summed E-state index contributed by atoms with van der Waals surface area (Å²) in [7, 11) is 0. The second kappa shape index (κ2) is 8.84. The number of carbonyl (C=O) groups excluding carboxylic acids is 2. The predicted molar refractivity (Wildman–Crippen MR) is 110 cm³/mol. The number of carbonyl (C=O) groups is 2. The Morgan fingerprint density at radius 2 is 1.71 bits per heavy atom. The number of primary amides is 1. The van der Waals surface area contributed by atoms with Crippen LogP contribution < -0.4 is 10.5 Å². The molecule has 2 aromatic carbocycles. The minimum atomic E-state index is -0.392. The van der Waals surface area contributed by atoms with Crippen LogP contribution in [0.25, 0.3) is 0 Å². The SMILES string of the molecule is NC(=O)CC1(COc2ccc(Cl)cc2)CCN(C(=O)c2cccc(Cl)c2)CC1. The molecular weight excluding hydrogens is 399 g/mol. The quantitative estimate of drug-likeness (QED) is 0.761. The van der Waals surface area contributed by atoms with Crippen LogP contribution in [0.15, 0.2) is 48.5 Å². The van der Waals surface area contributed by atoms with Crippen molar-refractivity contribution < 1.29 is 14.3 Å². The molecule has 3 rings (SSSR count). The third-order valence-electron chi connectivity index (χ3n) is 5.09. The number of likely N-dealkylation sites (tertiary alicyclic amines) is 1. The molecule has 148 valence electrons. The number of benzene rings is 2. The topological polar surface area (TPSA) is 72.6 Å². The van der Waals surface area contributed by atoms with Crippen molar-refractivity contribution in [2.24, 2.45) is 11.1 Å². The number of rotatable bonds is 6. The van der Waals surface area contributed by atoms with Gasteiger partial charge in [-0.25, -0.2) is 0 Å². The lowest BCUT2D eigenvalue weighted by Gasteiger charge is -2.41. The first-order valence-electron chi connectivity index (χ1n) is 9.08. The molecule has 0 radical (unpaired) electrons. The van der Waals surface area contributed by atoms with Gasteiger partial charge in [0.05, 0.1) is 6.61 Å². The minimum Gasteiger partial charge on any atom is -0.493 e. The third kappa shape index (κ3) is 5.18. The molecule has 0 atom stereocenters. The highest BCUT2D eigenvalue weighted by Gasteiger charge is 2.38. The number of nitrogens with zero attached hydrogens (tertiary/aromatic N) is 1. The molecule has 0 aliphatic carbocycles. The predicted octanol–water partition coefficient (Wildman–Crippen LogP) is 4.17. The van der Waals surface area contributed by atoms with Gasteiger partial charge in [-0.15, -0.1) is 0 Å². The Morgan fingerprint density at radius 1 is 1.04 bits per heavy atom. The van der Waals surface area contributed by atoms with Crippen molar-refractivity contribution in [2.75, 3.05) is 19.7 Å². The van der Waals surface area contributed by atoms with Crippen molar-refractivity contribution in [2.45, 2.75) is 19.3 Å². The largest absolute Gasteiger partial charge is 0.493 e. The molecule has 2 amide bonds. The maximum Gasteiger partial charge on any atom is 0.253 e. The first kappa shape index (κ1) is 20.5. The first-order chi connectivity index (χ1) is 13.4. The van der Waals surface area contributed by atoms with Gasteiger partial charge in [0, 0.05) is 40.5 Å². The zero-order valence-corrected chi connectivity index (χ0v) is 16.9. The molecule has 1 heterocycles. The highest BCUT2D eigenvalue weighted by Crippen LogP contribution is 2.36. The van der Waals surface area contributed by atoms with Crippen LogP contribution in [0.1, 0.15) is 29.6 Å². The molecule has 2 aromatic rings. The van der Waals surface area contributed by atoms with E-state index in [1.807, 2.05) is 0 Å². The monoisotopic (exact) mass is 420 g/mol. The van der Waals surface area contributed by atoms with E-state index in [2.05, 4.69) is 0 Å². The molecule has 1 fully saturated rings. The summed E-state index contributed by atoms with van der Waals surface area (Å²) in [5, 5.41) is 1.16. The van der Waals surface area contributed by atoms with Gasteiger partial charge in [0.1, 0.15) is 5.75 Å². The van der Waals surface area contributed by atoms with Crippen LogP contribution in [-0.2, 0) is 4.79 Å². The molecule has 1 aliphatic rings. The molecule has 0 saturated carbocycles. The van der Waals surface area contributed by atoms with Crippen LogP contribution in [0, 0.1) is 5.41 Å². The molecular formula is C21H22Cl2N2O3. The summed E-state index contributed by atoms with van der Waals surface area (Å²) in [6.07, 6.45) is 1.49. The van der Waals surface area contributed by atoms with E-state index in [1.54, 1.807) is 53.4 Å². The van der Waals surface area contributed by atoms with Crippen LogP contribution in [0.3, 0.4) is 0 Å². The summed E-state index contributed by atoms with van der Waals surface area (Å²) in [6.45, 7) is 1.42. The van der Waals surface area contributed by atoms with E-state index in [0.717, 1.165) is 0 Å². The smallest absolute Gasteiger partial charge is 0.253 e. The van der Waals surface area contributed by atoms with E-state index in [-0.39, 0.29) is 18.2 Å². The molecule has 5 nitrogen and oxygen atoms in total. The summed E-state index contributed by atoms with van der Waals surface area (Å²) in [5.74, 6) is 0.258. The second-order valence-corrected chi connectivity index (χ2v) is 8.06. The highest BCUT2D eigenvalue weighted by molar-refractivity contribution is 6.31. The van der Waals surface area contributed by atoms with E-state index in [9.17, 15) is 9.59 Å². The molecule has 0 unspecified atom stereocenters. The van der Waals surface area contributed by atoms with Crippen LogP contribution in [0.4, 0.5) is 0 Å². The number of halogens is 2. The van der Waals surface area contributed by atoms with E-state index in [1.165, 1.54) is 0 Å². The Hall–Kier alpha value is -2.24. The second-order valence-electron chi connectivity index (χ2n) is 7.19. The maximum atomic E-state index is 12.7. The summed E-state index contributed by atoms with van der Waals surface area (Å²) in [4.78, 5) is 26.2. The Labute approximate surface area is 174 Å². The summed E-state index contributed by atoms with van der Waals surface area (Å²) in [6, 6.07) is 14.0. The van der Waals surface area contributed by atoms with Gasteiger partial charge >= 0.3 is 0 Å². The zero-order chi connectivity index (χ0) is 20.1. The van der Waals surface area contributed by atoms with E-state index < -0.39 is 5.41 Å². The Bertz CT molecular complexity index is 847. The third-order valence-corrected chi connectivity index (χ3v) is 5.58. The Morgan fingerprint density at radius 3 is 2.32 bits per heavy atom. The highest BCUT2D eigenvalue weighted by atomic mass is 35.5. The van der Waals surface area contributed by atoms with Gasteiger partial charge in [-0.2, -0.15) is 0 Å². The molecule has 0 bridgehead atoms. The molecule has 7 heteroatoms. The van der Waals surface area contributed by atoms with Gasteiger partial charge < -0.3 is 15.4 Å². The molecule has 2 N–H and O–H groups in total. The lowest BCUT2D eigenvalue weighted by atomic mass is 9.76. The van der Waals surface area contributed by atoms with Crippen LogP contribution in [-0.4, -0.2) is 36.4 Å². The number of ether oxygens (including phenoxy) is 1. The fraction of sp³-hybridized carbons (Fsp3) is 0.333. The van der Waals surface area contributed by atoms with Gasteiger partial charge in [-0.05, 0) is 55.3 Å². The Kier molecular flexibility index (Phi) is 6.47. The minimum absolute atomic E-state index is 0.0613. The molecule has 0 aromatic heterocycles. The lowest BCUT2D eigenvalue weighted by Crippen LogP contribution is -2.47. The fourth-order valence-corrected chi connectivity index (χ4v) is 3.81. The van der Waals surface area contributed by atoms with Gasteiger partial charge in [-0.3, -0.25) is 9.59 Å². The van der Waals surface area contributed by atoms with Crippen molar-refractivity contribution in [1.82, 2.24) is 4.90 Å². The number of piperidine rings is 1. The molecule has 28 heavy (non-hydrogen) atoms. The molecule has 0 spiro atoms. The van der Waals surface area contributed by atoms with Crippen molar-refractivity contribution in [3.05, 3.63) is 64.1 Å². The Balaban J connectivity index is 1.66. The van der Waals surface area contributed by atoms with Crippen LogP contribution in [0.2, 0.25) is 10.0 Å². The summed E-state index contributed by atoms with van der Waals surface area (Å²) in [5.41, 5.74) is 5.66. The van der Waals surface area contributed by atoms with Crippen molar-refractivity contribution in [1.29, 1.82) is 0 Å². The average Bonchev–Trinajstić information content (AvgIpc) is 2.67. The van der Waals surface area contributed by atoms with Gasteiger partial charge in [0.25, 0.3) is 5.91 Å². The average molecular weight is 421 g/mol. The maximum absolute atomic E-state index is 12.7. The van der Waals surface area contributed by atoms with Gasteiger partial charge in [0.15, 0.2) is 0 Å². The molecule has 1 aliphatic heterocycles. The summed E-state index contributed by atoms with van der Waals surface area (Å²) < 4.78 is 5.91. The van der Waals surface area contributed by atoms with E-state index in [0.29, 0.717) is 53.9 Å². The molecule has 1 saturated heterocycles. The number of hydrogen-bond acceptors (Lipinski definition) is 3. The van der Waals surface area contributed by atoms with Crippen molar-refractivity contribution >= 4 is 35.0 Å². The van der Waals surface area contributed by atoms with Crippen LogP contribution >= 0.6 is 23.2 Å². The first-order valence-corrected chi connectivity index (χ1v) is 9.84. The number of nitrogens with two attached hydrogens (primary N) is 1. The van der Waals surface area contributed by atoms with Crippen molar-refractivity contribution in [3.63, 3.8) is 0 Å². The van der Waals surface area contributed by atoms with Gasteiger partial charge in [-0.1, -0.05) is 29.3 Å². The van der Waals surface area contributed by atoms with Gasteiger partial charge in [0.2, 0.25) is 5.91 Å².